The van der Waals surface area contributed by atoms with Crippen molar-refractivity contribution in [2.24, 2.45) is 0 Å². The predicted octanol–water partition coefficient (Wildman–Crippen LogP) is 1.98. The second-order valence-electron chi connectivity index (χ2n) is 4.69. The van der Waals surface area contributed by atoms with Crippen LogP contribution in [0.3, 0.4) is 0 Å². The first-order valence-corrected chi connectivity index (χ1v) is 6.32. The molecule has 0 spiro atoms. The van der Waals surface area contributed by atoms with Crippen molar-refractivity contribution in [3.05, 3.63) is 29.5 Å². The Kier molecular flexibility index (Phi) is 4.16. The highest BCUT2D eigenvalue weighted by Gasteiger charge is 2.17. The molecule has 0 aliphatic rings. The van der Waals surface area contributed by atoms with Gasteiger partial charge in [-0.1, -0.05) is 11.6 Å². The van der Waals surface area contributed by atoms with Gasteiger partial charge in [0.05, 0.1) is 5.52 Å². The number of carbonyl (C=O) groups excluding carboxylic acids is 1. The van der Waals surface area contributed by atoms with Gasteiger partial charge >= 0.3 is 0 Å². The van der Waals surface area contributed by atoms with Gasteiger partial charge < -0.3 is 9.64 Å². The summed E-state index contributed by atoms with van der Waals surface area (Å²) in [6.07, 6.45) is 0.820. The summed E-state index contributed by atoms with van der Waals surface area (Å²) in [6, 6.07) is 5.92. The summed E-state index contributed by atoms with van der Waals surface area (Å²) in [5.41, 5.74) is 2.49. The number of hydrogen-bond donors (Lipinski definition) is 1. The lowest BCUT2D eigenvalue weighted by Gasteiger charge is -2.15. The van der Waals surface area contributed by atoms with Crippen molar-refractivity contribution in [1.29, 1.82) is 0 Å². The van der Waals surface area contributed by atoms with Crippen LogP contribution in [0.15, 0.2) is 18.2 Å². The molecule has 102 valence electrons. The maximum atomic E-state index is 12.3. The standard InChI is InChI=1S/C14H19N3O2/c1-10-5-6-12-11(9-10)13(16-15-12)14(18)17(2)7-4-8-19-3/h5-6,9H,4,7-8H2,1-3H3,(H,15,16). The number of rotatable bonds is 5. The summed E-state index contributed by atoms with van der Waals surface area (Å²) in [6.45, 7) is 3.31. The van der Waals surface area contributed by atoms with E-state index in [0.717, 1.165) is 22.9 Å². The lowest BCUT2D eigenvalue weighted by Crippen LogP contribution is -2.28. The van der Waals surface area contributed by atoms with E-state index in [2.05, 4.69) is 10.2 Å². The molecule has 1 aromatic carbocycles. The lowest BCUT2D eigenvalue weighted by atomic mass is 10.1. The van der Waals surface area contributed by atoms with Crippen LogP contribution in [-0.4, -0.2) is 48.3 Å². The van der Waals surface area contributed by atoms with E-state index in [4.69, 9.17) is 4.74 Å². The third-order valence-electron chi connectivity index (χ3n) is 3.11. The Morgan fingerprint density at radius 3 is 3.00 bits per heavy atom. The number of methoxy groups -OCH3 is 1. The number of nitrogens with zero attached hydrogens (tertiary/aromatic N) is 2. The highest BCUT2D eigenvalue weighted by molar-refractivity contribution is 6.04. The van der Waals surface area contributed by atoms with Gasteiger partial charge in [-0.3, -0.25) is 9.89 Å². The van der Waals surface area contributed by atoms with E-state index >= 15 is 0 Å². The number of nitrogens with one attached hydrogen (secondary N) is 1. The first-order chi connectivity index (χ1) is 9.13. The monoisotopic (exact) mass is 261 g/mol. The smallest absolute Gasteiger partial charge is 0.274 e. The molecule has 1 heterocycles. The molecule has 0 atom stereocenters. The molecule has 0 aliphatic carbocycles. The van der Waals surface area contributed by atoms with E-state index in [9.17, 15) is 4.79 Å². The molecule has 5 nitrogen and oxygen atoms in total. The van der Waals surface area contributed by atoms with E-state index in [1.165, 1.54) is 0 Å². The molecule has 0 radical (unpaired) electrons. The van der Waals surface area contributed by atoms with Crippen LogP contribution in [0.4, 0.5) is 0 Å². The van der Waals surface area contributed by atoms with Crippen LogP contribution in [0, 0.1) is 6.92 Å². The molecule has 0 saturated carbocycles. The summed E-state index contributed by atoms with van der Waals surface area (Å²) < 4.78 is 4.99. The molecule has 1 aromatic heterocycles. The van der Waals surface area contributed by atoms with E-state index in [0.29, 0.717) is 18.8 Å². The van der Waals surface area contributed by atoms with E-state index < -0.39 is 0 Å². The molecular weight excluding hydrogens is 242 g/mol. The van der Waals surface area contributed by atoms with E-state index in [-0.39, 0.29) is 5.91 Å². The maximum absolute atomic E-state index is 12.3. The third kappa shape index (κ3) is 2.93. The van der Waals surface area contributed by atoms with Gasteiger partial charge in [-0.25, -0.2) is 0 Å². The summed E-state index contributed by atoms with van der Waals surface area (Å²) in [5.74, 6) is -0.0621. The number of ether oxygens (including phenoxy) is 1. The average molecular weight is 261 g/mol. The molecule has 0 bridgehead atoms. The van der Waals surface area contributed by atoms with Crippen molar-refractivity contribution in [3.63, 3.8) is 0 Å². The van der Waals surface area contributed by atoms with Gasteiger partial charge in [0, 0.05) is 32.7 Å². The van der Waals surface area contributed by atoms with Crippen molar-refractivity contribution >= 4 is 16.8 Å². The Labute approximate surface area is 112 Å². The minimum absolute atomic E-state index is 0.0621. The zero-order chi connectivity index (χ0) is 13.8. The van der Waals surface area contributed by atoms with Gasteiger partial charge in [0.1, 0.15) is 0 Å². The number of benzene rings is 1. The van der Waals surface area contributed by atoms with Crippen LogP contribution in [0.25, 0.3) is 10.9 Å². The molecule has 1 N–H and O–H groups in total. The Morgan fingerprint density at radius 2 is 2.26 bits per heavy atom. The highest BCUT2D eigenvalue weighted by atomic mass is 16.5. The van der Waals surface area contributed by atoms with Gasteiger partial charge in [-0.05, 0) is 25.5 Å². The number of H-pyrrole nitrogens is 1. The van der Waals surface area contributed by atoms with Gasteiger partial charge in [-0.15, -0.1) is 0 Å². The zero-order valence-corrected chi connectivity index (χ0v) is 11.6. The normalized spacial score (nSPS) is 10.9. The molecular formula is C14H19N3O2. The lowest BCUT2D eigenvalue weighted by molar-refractivity contribution is 0.0775. The summed E-state index contributed by atoms with van der Waals surface area (Å²) in [4.78, 5) is 14.0. The number of hydrogen-bond acceptors (Lipinski definition) is 3. The predicted molar refractivity (Wildman–Crippen MR) is 74.3 cm³/mol. The molecule has 2 rings (SSSR count). The van der Waals surface area contributed by atoms with E-state index in [1.54, 1.807) is 19.1 Å². The molecule has 5 heteroatoms. The fourth-order valence-electron chi connectivity index (χ4n) is 2.02. The topological polar surface area (TPSA) is 58.2 Å². The molecule has 0 fully saturated rings. The number of aromatic amines is 1. The minimum atomic E-state index is -0.0621. The van der Waals surface area contributed by atoms with Crippen molar-refractivity contribution in [3.8, 4) is 0 Å². The quantitative estimate of drug-likeness (QED) is 0.837. The number of aromatic nitrogens is 2. The van der Waals surface area contributed by atoms with Crippen molar-refractivity contribution in [2.75, 3.05) is 27.3 Å². The first-order valence-electron chi connectivity index (χ1n) is 6.32. The number of carbonyl (C=O) groups is 1. The second kappa shape index (κ2) is 5.84. The van der Waals surface area contributed by atoms with E-state index in [1.807, 2.05) is 25.1 Å². The van der Waals surface area contributed by atoms with Crippen LogP contribution in [0.5, 0.6) is 0 Å². The number of fused-ring (bicyclic) bond motifs is 1. The number of aryl methyl sites for hydroxylation is 1. The zero-order valence-electron chi connectivity index (χ0n) is 11.6. The SMILES string of the molecule is COCCCN(C)C(=O)c1n[nH]c2ccc(C)cc12. The molecule has 0 saturated heterocycles. The fourth-order valence-corrected chi connectivity index (χ4v) is 2.02. The Morgan fingerprint density at radius 1 is 1.47 bits per heavy atom. The molecule has 0 unspecified atom stereocenters. The van der Waals surface area contributed by atoms with Crippen LogP contribution in [0.2, 0.25) is 0 Å². The van der Waals surface area contributed by atoms with Gasteiger partial charge in [0.15, 0.2) is 5.69 Å². The highest BCUT2D eigenvalue weighted by Crippen LogP contribution is 2.18. The van der Waals surface area contributed by atoms with Crippen molar-refractivity contribution in [1.82, 2.24) is 15.1 Å². The number of amides is 1. The molecule has 1 amide bonds. The largest absolute Gasteiger partial charge is 0.385 e. The first kappa shape index (κ1) is 13.5. The molecule has 0 aliphatic heterocycles. The minimum Gasteiger partial charge on any atom is -0.385 e. The summed E-state index contributed by atoms with van der Waals surface area (Å²) in [5, 5.41) is 7.91. The Bertz CT molecular complexity index is 577. The summed E-state index contributed by atoms with van der Waals surface area (Å²) >= 11 is 0. The fraction of sp³-hybridized carbons (Fsp3) is 0.429. The Balaban J connectivity index is 2.19. The van der Waals surface area contributed by atoms with Crippen LogP contribution < -0.4 is 0 Å². The Hall–Kier alpha value is -1.88. The van der Waals surface area contributed by atoms with Gasteiger partial charge in [-0.2, -0.15) is 5.10 Å². The maximum Gasteiger partial charge on any atom is 0.274 e. The average Bonchev–Trinajstić information content (AvgIpc) is 2.80. The van der Waals surface area contributed by atoms with Gasteiger partial charge in [0.25, 0.3) is 5.91 Å². The van der Waals surface area contributed by atoms with Crippen LogP contribution in [0.1, 0.15) is 22.5 Å². The van der Waals surface area contributed by atoms with Crippen LogP contribution in [-0.2, 0) is 4.74 Å². The second-order valence-corrected chi connectivity index (χ2v) is 4.69. The van der Waals surface area contributed by atoms with Crippen molar-refractivity contribution in [2.45, 2.75) is 13.3 Å². The molecule has 19 heavy (non-hydrogen) atoms. The van der Waals surface area contributed by atoms with Gasteiger partial charge in [0.2, 0.25) is 0 Å². The third-order valence-corrected chi connectivity index (χ3v) is 3.11. The van der Waals surface area contributed by atoms with Crippen molar-refractivity contribution < 1.29 is 9.53 Å². The summed E-state index contributed by atoms with van der Waals surface area (Å²) in [7, 11) is 3.44. The molecule has 2 aromatic rings. The van der Waals surface area contributed by atoms with Crippen LogP contribution >= 0.6 is 0 Å².